The summed E-state index contributed by atoms with van der Waals surface area (Å²) in [6.07, 6.45) is 2.94. The van der Waals surface area contributed by atoms with Crippen molar-refractivity contribution < 1.29 is 19.4 Å². The number of carboxylic acid groups (broad SMARTS) is 1. The van der Waals surface area contributed by atoms with Crippen molar-refractivity contribution in [2.45, 2.75) is 30.7 Å². The van der Waals surface area contributed by atoms with Gasteiger partial charge in [0.05, 0.1) is 22.7 Å². The van der Waals surface area contributed by atoms with E-state index >= 15 is 0 Å². The second-order valence-corrected chi connectivity index (χ2v) is 8.86. The topological polar surface area (TPSA) is 80.6 Å². The Morgan fingerprint density at radius 2 is 1.94 bits per heavy atom. The molecule has 160 valence electrons. The number of nitrogens with one attached hydrogen (secondary N) is 1. The SMILES string of the molecule is Cn1c(C(=O)NC2(c3ccc(C(=O)O)cc3)CCOC2)cc2c(Cl)c(C3CC3)ccc21. The molecule has 2 heterocycles. The van der Waals surface area contributed by atoms with Crippen molar-refractivity contribution in [2.75, 3.05) is 13.2 Å². The number of carbonyl (C=O) groups is 2. The number of halogens is 1. The maximum absolute atomic E-state index is 13.4. The van der Waals surface area contributed by atoms with Crippen LogP contribution < -0.4 is 5.32 Å². The summed E-state index contributed by atoms with van der Waals surface area (Å²) in [5.41, 5.74) is 2.94. The fourth-order valence-corrected chi connectivity index (χ4v) is 4.87. The van der Waals surface area contributed by atoms with Gasteiger partial charge in [-0.2, -0.15) is 0 Å². The molecule has 0 radical (unpaired) electrons. The average Bonchev–Trinajstić information content (AvgIpc) is 3.39. The lowest BCUT2D eigenvalue weighted by Gasteiger charge is -2.29. The summed E-state index contributed by atoms with van der Waals surface area (Å²) in [5, 5.41) is 14.0. The number of aromatic carboxylic acids is 1. The molecule has 31 heavy (non-hydrogen) atoms. The summed E-state index contributed by atoms with van der Waals surface area (Å²) in [4.78, 5) is 24.6. The van der Waals surface area contributed by atoms with Gasteiger partial charge in [-0.3, -0.25) is 4.79 Å². The quantitative estimate of drug-likeness (QED) is 0.616. The normalized spacial score (nSPS) is 20.8. The van der Waals surface area contributed by atoms with E-state index in [1.807, 2.05) is 23.7 Å². The Labute approximate surface area is 184 Å². The van der Waals surface area contributed by atoms with Gasteiger partial charge in [-0.25, -0.2) is 4.79 Å². The second kappa shape index (κ2) is 7.39. The van der Waals surface area contributed by atoms with E-state index in [0.717, 1.165) is 39.9 Å². The predicted molar refractivity (Wildman–Crippen MR) is 118 cm³/mol. The highest BCUT2D eigenvalue weighted by atomic mass is 35.5. The summed E-state index contributed by atoms with van der Waals surface area (Å²) >= 11 is 6.69. The number of aromatic nitrogens is 1. The smallest absolute Gasteiger partial charge is 0.335 e. The van der Waals surface area contributed by atoms with Crippen LogP contribution in [0.5, 0.6) is 0 Å². The number of fused-ring (bicyclic) bond motifs is 1. The van der Waals surface area contributed by atoms with Crippen molar-refractivity contribution in [3.05, 3.63) is 69.9 Å². The Morgan fingerprint density at radius 1 is 1.19 bits per heavy atom. The average molecular weight is 439 g/mol. The molecule has 2 N–H and O–H groups in total. The van der Waals surface area contributed by atoms with Gasteiger partial charge in [0.2, 0.25) is 0 Å². The van der Waals surface area contributed by atoms with Gasteiger partial charge in [-0.05, 0) is 54.2 Å². The first kappa shape index (κ1) is 20.1. The lowest BCUT2D eigenvalue weighted by atomic mass is 9.88. The van der Waals surface area contributed by atoms with Gasteiger partial charge < -0.3 is 19.7 Å². The molecule has 6 nitrogen and oxygen atoms in total. The first-order valence-corrected chi connectivity index (χ1v) is 10.8. The number of nitrogens with zero attached hydrogens (tertiary/aromatic N) is 1. The molecule has 1 aliphatic carbocycles. The van der Waals surface area contributed by atoms with Crippen LogP contribution in [0.3, 0.4) is 0 Å². The lowest BCUT2D eigenvalue weighted by molar-refractivity contribution is 0.0696. The van der Waals surface area contributed by atoms with Crippen LogP contribution in [0.15, 0.2) is 42.5 Å². The minimum absolute atomic E-state index is 0.207. The fourth-order valence-electron chi connectivity index (χ4n) is 4.50. The molecule has 0 bridgehead atoms. The summed E-state index contributed by atoms with van der Waals surface area (Å²) in [7, 11) is 1.86. The number of amides is 1. The molecule has 1 atom stereocenters. The molecule has 2 aliphatic rings. The van der Waals surface area contributed by atoms with E-state index in [2.05, 4.69) is 11.4 Å². The molecule has 1 aliphatic heterocycles. The molecule has 0 spiro atoms. The highest BCUT2D eigenvalue weighted by Gasteiger charge is 2.39. The minimum Gasteiger partial charge on any atom is -0.478 e. The second-order valence-electron chi connectivity index (χ2n) is 8.49. The van der Waals surface area contributed by atoms with Crippen LogP contribution in [0.25, 0.3) is 10.9 Å². The molecule has 1 amide bonds. The van der Waals surface area contributed by atoms with E-state index in [4.69, 9.17) is 16.3 Å². The standard InChI is InChI=1S/C24H23ClN2O4/c1-27-19-9-8-17(14-2-3-14)21(25)18(19)12-20(27)22(28)26-24(10-11-31-13-24)16-6-4-15(5-7-16)23(29)30/h4-9,12,14H,2-3,10-11,13H2,1H3,(H,26,28)(H,29,30). The van der Waals surface area contributed by atoms with Crippen molar-refractivity contribution in [1.29, 1.82) is 0 Å². The van der Waals surface area contributed by atoms with Gasteiger partial charge in [0.15, 0.2) is 0 Å². The maximum Gasteiger partial charge on any atom is 0.335 e. The molecular formula is C24H23ClN2O4. The van der Waals surface area contributed by atoms with Crippen molar-refractivity contribution in [3.63, 3.8) is 0 Å². The van der Waals surface area contributed by atoms with E-state index in [9.17, 15) is 14.7 Å². The van der Waals surface area contributed by atoms with Gasteiger partial charge in [0.25, 0.3) is 5.91 Å². The van der Waals surface area contributed by atoms with Crippen molar-refractivity contribution in [3.8, 4) is 0 Å². The monoisotopic (exact) mass is 438 g/mol. The third kappa shape index (κ3) is 3.40. The van der Waals surface area contributed by atoms with Crippen molar-refractivity contribution in [2.24, 2.45) is 7.05 Å². The van der Waals surface area contributed by atoms with Gasteiger partial charge in [-0.1, -0.05) is 29.8 Å². The molecule has 3 aromatic rings. The van der Waals surface area contributed by atoms with Crippen LogP contribution in [0, 0.1) is 0 Å². The van der Waals surface area contributed by atoms with Gasteiger partial charge in [0, 0.05) is 31.0 Å². The van der Waals surface area contributed by atoms with E-state index < -0.39 is 11.5 Å². The van der Waals surface area contributed by atoms with Gasteiger partial charge in [0.1, 0.15) is 5.69 Å². The summed E-state index contributed by atoms with van der Waals surface area (Å²) in [6.45, 7) is 0.855. The molecule has 1 saturated carbocycles. The largest absolute Gasteiger partial charge is 0.478 e. The highest BCUT2D eigenvalue weighted by molar-refractivity contribution is 6.36. The van der Waals surface area contributed by atoms with Crippen LogP contribution in [-0.2, 0) is 17.3 Å². The molecule has 2 fully saturated rings. The number of ether oxygens (including phenoxy) is 1. The van der Waals surface area contributed by atoms with Crippen LogP contribution in [0.4, 0.5) is 0 Å². The zero-order valence-corrected chi connectivity index (χ0v) is 17.9. The van der Waals surface area contributed by atoms with Crippen molar-refractivity contribution in [1.82, 2.24) is 9.88 Å². The van der Waals surface area contributed by atoms with Crippen LogP contribution in [0.1, 0.15) is 57.2 Å². The summed E-state index contributed by atoms with van der Waals surface area (Å²) in [6, 6.07) is 12.6. The fraction of sp³-hybridized carbons (Fsp3) is 0.333. The third-order valence-electron chi connectivity index (χ3n) is 6.50. The van der Waals surface area contributed by atoms with Crippen LogP contribution in [-0.4, -0.2) is 34.8 Å². The Kier molecular flexibility index (Phi) is 4.79. The predicted octanol–water partition coefficient (Wildman–Crippen LogP) is 4.45. The van der Waals surface area contributed by atoms with E-state index in [1.54, 1.807) is 24.3 Å². The molecular weight excluding hydrogens is 416 g/mol. The third-order valence-corrected chi connectivity index (χ3v) is 6.92. The summed E-state index contributed by atoms with van der Waals surface area (Å²) < 4.78 is 7.49. The molecule has 1 saturated heterocycles. The van der Waals surface area contributed by atoms with E-state index in [-0.39, 0.29) is 11.5 Å². The number of hydrogen-bond donors (Lipinski definition) is 2. The number of benzene rings is 2. The molecule has 2 aromatic carbocycles. The molecule has 1 unspecified atom stereocenters. The molecule has 5 rings (SSSR count). The number of carboxylic acids is 1. The molecule has 7 heteroatoms. The number of carbonyl (C=O) groups excluding carboxylic acids is 1. The zero-order valence-electron chi connectivity index (χ0n) is 17.2. The maximum atomic E-state index is 13.4. The van der Waals surface area contributed by atoms with Gasteiger partial charge >= 0.3 is 5.97 Å². The first-order valence-electron chi connectivity index (χ1n) is 10.4. The van der Waals surface area contributed by atoms with Crippen LogP contribution >= 0.6 is 11.6 Å². The Hall–Kier alpha value is -2.83. The first-order chi connectivity index (χ1) is 14.9. The van der Waals surface area contributed by atoms with Gasteiger partial charge in [-0.15, -0.1) is 0 Å². The Morgan fingerprint density at radius 3 is 2.55 bits per heavy atom. The Bertz CT molecular complexity index is 1190. The lowest BCUT2D eigenvalue weighted by Crippen LogP contribution is -2.47. The van der Waals surface area contributed by atoms with E-state index in [1.165, 1.54) is 0 Å². The molecule has 1 aromatic heterocycles. The van der Waals surface area contributed by atoms with Crippen LogP contribution in [0.2, 0.25) is 5.02 Å². The Balaban J connectivity index is 1.49. The number of hydrogen-bond acceptors (Lipinski definition) is 3. The highest BCUT2D eigenvalue weighted by Crippen LogP contribution is 2.45. The summed E-state index contributed by atoms with van der Waals surface area (Å²) in [5.74, 6) is -0.664. The zero-order chi connectivity index (χ0) is 21.8. The number of aryl methyl sites for hydroxylation is 1. The minimum atomic E-state index is -0.981. The van der Waals surface area contributed by atoms with E-state index in [0.29, 0.717) is 31.2 Å². The number of rotatable bonds is 5. The van der Waals surface area contributed by atoms with Crippen molar-refractivity contribution >= 4 is 34.4 Å².